The van der Waals surface area contributed by atoms with Gasteiger partial charge in [0, 0.05) is 20.0 Å². The first-order chi connectivity index (χ1) is 10.4. The molecule has 2 rings (SSSR count). The van der Waals surface area contributed by atoms with E-state index in [0.717, 1.165) is 11.1 Å². The number of likely N-dealkylation sites (N-methyl/N-ethyl adjacent to an activating group) is 1. The second-order valence-corrected chi connectivity index (χ2v) is 5.76. The summed E-state index contributed by atoms with van der Waals surface area (Å²) in [7, 11) is 1.66. The monoisotopic (exact) mass is 299 g/mol. The van der Waals surface area contributed by atoms with Crippen LogP contribution in [-0.4, -0.2) is 33.7 Å². The Morgan fingerprint density at radius 3 is 2.23 bits per heavy atom. The van der Waals surface area contributed by atoms with Gasteiger partial charge in [-0.1, -0.05) is 42.5 Å². The molecule has 1 amide bonds. The molecule has 0 fully saturated rings. The minimum Gasteiger partial charge on any atom is -0.508 e. The van der Waals surface area contributed by atoms with E-state index in [1.54, 1.807) is 31.3 Å². The largest absolute Gasteiger partial charge is 0.508 e. The molecule has 0 heterocycles. The molecule has 0 aromatic heterocycles. The molecule has 0 radical (unpaired) electrons. The Balaban J connectivity index is 2.03. The third-order valence-electron chi connectivity index (χ3n) is 3.55. The van der Waals surface area contributed by atoms with Gasteiger partial charge in [0.2, 0.25) is 0 Å². The van der Waals surface area contributed by atoms with Gasteiger partial charge in [-0.05, 0) is 30.2 Å². The number of benzene rings is 2. The van der Waals surface area contributed by atoms with Crippen LogP contribution in [0.4, 0.5) is 0 Å². The van der Waals surface area contributed by atoms with E-state index >= 15 is 0 Å². The summed E-state index contributed by atoms with van der Waals surface area (Å²) in [6.07, 6.45) is 0.270. The zero-order valence-corrected chi connectivity index (χ0v) is 12.9. The summed E-state index contributed by atoms with van der Waals surface area (Å²) in [6, 6.07) is 16.1. The summed E-state index contributed by atoms with van der Waals surface area (Å²) in [6.45, 7) is 1.92. The fourth-order valence-electron chi connectivity index (χ4n) is 2.43. The van der Waals surface area contributed by atoms with Crippen molar-refractivity contribution in [3.63, 3.8) is 0 Å². The number of carbonyl (C=O) groups is 1. The number of amides is 1. The smallest absolute Gasteiger partial charge is 0.254 e. The van der Waals surface area contributed by atoms with Crippen LogP contribution in [0, 0.1) is 0 Å². The van der Waals surface area contributed by atoms with Crippen molar-refractivity contribution in [3.05, 3.63) is 65.7 Å². The molecule has 0 spiro atoms. The predicted molar refractivity (Wildman–Crippen MR) is 85.4 cm³/mol. The molecule has 0 aliphatic carbocycles. The molecule has 4 nitrogen and oxygen atoms in total. The molecule has 2 N–H and O–H groups in total. The Morgan fingerprint density at radius 1 is 1.05 bits per heavy atom. The fraction of sp³-hybridized carbons (Fsp3) is 0.278. The van der Waals surface area contributed by atoms with E-state index in [1.165, 1.54) is 11.8 Å². The van der Waals surface area contributed by atoms with E-state index in [2.05, 4.69) is 0 Å². The minimum atomic E-state index is -1.45. The number of aromatic hydroxyl groups is 1. The Bertz CT molecular complexity index is 621. The van der Waals surface area contributed by atoms with Gasteiger partial charge >= 0.3 is 0 Å². The molecule has 0 bridgehead atoms. The van der Waals surface area contributed by atoms with Gasteiger partial charge in [-0.15, -0.1) is 0 Å². The van der Waals surface area contributed by atoms with Gasteiger partial charge in [-0.25, -0.2) is 0 Å². The molecule has 0 aliphatic rings. The van der Waals surface area contributed by atoms with Crippen molar-refractivity contribution >= 4 is 5.91 Å². The lowest BCUT2D eigenvalue weighted by Gasteiger charge is -2.28. The van der Waals surface area contributed by atoms with Crippen LogP contribution in [0.5, 0.6) is 5.75 Å². The Morgan fingerprint density at radius 2 is 1.64 bits per heavy atom. The number of nitrogens with zero attached hydrogens (tertiary/aromatic N) is 1. The van der Waals surface area contributed by atoms with Gasteiger partial charge in [0.25, 0.3) is 5.91 Å². The number of phenolic OH excluding ortho intramolecular Hbond substituents is 1. The molecule has 1 atom stereocenters. The highest BCUT2D eigenvalue weighted by Gasteiger charge is 2.33. The third-order valence-corrected chi connectivity index (χ3v) is 3.55. The molecule has 0 saturated heterocycles. The van der Waals surface area contributed by atoms with Crippen molar-refractivity contribution in [2.24, 2.45) is 0 Å². The molecule has 4 heteroatoms. The topological polar surface area (TPSA) is 60.8 Å². The first-order valence-corrected chi connectivity index (χ1v) is 7.18. The molecular formula is C18H21NO3. The van der Waals surface area contributed by atoms with Crippen LogP contribution in [0.15, 0.2) is 54.6 Å². The maximum Gasteiger partial charge on any atom is 0.254 e. The quantitative estimate of drug-likeness (QED) is 0.891. The predicted octanol–water partition coefficient (Wildman–Crippen LogP) is 2.34. The first kappa shape index (κ1) is 16.0. The van der Waals surface area contributed by atoms with Gasteiger partial charge in [0.05, 0.1) is 0 Å². The highest BCUT2D eigenvalue weighted by molar-refractivity contribution is 5.84. The number of phenols is 1. The lowest BCUT2D eigenvalue weighted by atomic mass is 9.95. The fourth-order valence-corrected chi connectivity index (χ4v) is 2.43. The number of aliphatic hydroxyl groups is 1. The van der Waals surface area contributed by atoms with Crippen molar-refractivity contribution in [3.8, 4) is 5.75 Å². The Labute approximate surface area is 130 Å². The average Bonchev–Trinajstić information content (AvgIpc) is 2.49. The van der Waals surface area contributed by atoms with Crippen LogP contribution in [0.25, 0.3) is 0 Å². The van der Waals surface area contributed by atoms with Crippen molar-refractivity contribution in [1.82, 2.24) is 4.90 Å². The summed E-state index contributed by atoms with van der Waals surface area (Å²) >= 11 is 0. The van der Waals surface area contributed by atoms with Gasteiger partial charge in [0.15, 0.2) is 0 Å². The van der Waals surface area contributed by atoms with E-state index in [9.17, 15) is 15.0 Å². The van der Waals surface area contributed by atoms with Crippen molar-refractivity contribution in [2.45, 2.75) is 25.5 Å². The maximum atomic E-state index is 12.5. The minimum absolute atomic E-state index is 0.189. The molecule has 22 heavy (non-hydrogen) atoms. The highest BCUT2D eigenvalue weighted by Crippen LogP contribution is 2.18. The van der Waals surface area contributed by atoms with Crippen LogP contribution in [0.3, 0.4) is 0 Å². The summed E-state index contributed by atoms with van der Waals surface area (Å²) in [5.74, 6) is -0.141. The second kappa shape index (κ2) is 6.62. The van der Waals surface area contributed by atoms with Crippen LogP contribution in [-0.2, 0) is 17.8 Å². The highest BCUT2D eigenvalue weighted by atomic mass is 16.3. The summed E-state index contributed by atoms with van der Waals surface area (Å²) < 4.78 is 0. The number of carbonyl (C=O) groups excluding carboxylic acids is 1. The zero-order valence-electron chi connectivity index (χ0n) is 12.9. The normalized spacial score (nSPS) is 13.4. The van der Waals surface area contributed by atoms with Crippen LogP contribution < -0.4 is 0 Å². The lowest BCUT2D eigenvalue weighted by molar-refractivity contribution is -0.148. The second-order valence-electron chi connectivity index (χ2n) is 5.76. The average molecular weight is 299 g/mol. The van der Waals surface area contributed by atoms with Crippen molar-refractivity contribution in [2.75, 3.05) is 7.05 Å². The number of hydrogen-bond donors (Lipinski definition) is 2. The Hall–Kier alpha value is -2.33. The van der Waals surface area contributed by atoms with E-state index in [1.807, 2.05) is 30.3 Å². The number of hydrogen-bond acceptors (Lipinski definition) is 3. The molecule has 2 aromatic rings. The van der Waals surface area contributed by atoms with Gasteiger partial charge < -0.3 is 15.1 Å². The van der Waals surface area contributed by atoms with E-state index in [0.29, 0.717) is 6.54 Å². The van der Waals surface area contributed by atoms with E-state index < -0.39 is 5.60 Å². The van der Waals surface area contributed by atoms with Crippen molar-refractivity contribution < 1.29 is 15.0 Å². The van der Waals surface area contributed by atoms with Gasteiger partial charge in [0.1, 0.15) is 11.4 Å². The van der Waals surface area contributed by atoms with Crippen LogP contribution >= 0.6 is 0 Å². The lowest BCUT2D eigenvalue weighted by Crippen LogP contribution is -2.46. The maximum absolute atomic E-state index is 12.5. The summed E-state index contributed by atoms with van der Waals surface area (Å²) in [5, 5.41) is 19.8. The molecule has 116 valence electrons. The third kappa shape index (κ3) is 4.09. The van der Waals surface area contributed by atoms with E-state index in [4.69, 9.17) is 0 Å². The SMILES string of the molecule is CN(Cc1ccc(O)cc1)C(=O)[C@](C)(O)Cc1ccccc1. The zero-order chi connectivity index (χ0) is 16.2. The standard InChI is InChI=1S/C18H21NO3/c1-18(22,12-14-6-4-3-5-7-14)17(21)19(2)13-15-8-10-16(20)11-9-15/h3-11,20,22H,12-13H2,1-2H3/t18-/m1/s1. The van der Waals surface area contributed by atoms with Crippen molar-refractivity contribution in [1.29, 1.82) is 0 Å². The van der Waals surface area contributed by atoms with Gasteiger partial charge in [-0.3, -0.25) is 4.79 Å². The molecule has 0 unspecified atom stereocenters. The van der Waals surface area contributed by atoms with Crippen LogP contribution in [0.1, 0.15) is 18.1 Å². The number of rotatable bonds is 5. The Kier molecular flexibility index (Phi) is 4.83. The first-order valence-electron chi connectivity index (χ1n) is 7.18. The van der Waals surface area contributed by atoms with Gasteiger partial charge in [-0.2, -0.15) is 0 Å². The van der Waals surface area contributed by atoms with Crippen LogP contribution in [0.2, 0.25) is 0 Å². The molecule has 0 saturated carbocycles. The molecule has 0 aliphatic heterocycles. The summed E-state index contributed by atoms with van der Waals surface area (Å²) in [5.41, 5.74) is 0.357. The molecule has 2 aromatic carbocycles. The summed E-state index contributed by atoms with van der Waals surface area (Å²) in [4.78, 5) is 14.0. The van der Waals surface area contributed by atoms with E-state index in [-0.39, 0.29) is 18.1 Å². The molecular weight excluding hydrogens is 278 g/mol.